The van der Waals surface area contributed by atoms with E-state index in [1.54, 1.807) is 26.2 Å². The molecule has 24 heavy (non-hydrogen) atoms. The Kier molecular flexibility index (Phi) is 4.14. The minimum atomic E-state index is -1.01. The van der Waals surface area contributed by atoms with E-state index < -0.39 is 5.41 Å². The molecule has 3 N–H and O–H groups in total. The third-order valence-electron chi connectivity index (χ3n) is 4.74. The predicted octanol–water partition coefficient (Wildman–Crippen LogP) is 2.00. The summed E-state index contributed by atoms with van der Waals surface area (Å²) >= 11 is 0. The molecule has 1 fully saturated rings. The summed E-state index contributed by atoms with van der Waals surface area (Å²) in [5.41, 5.74) is 5.70. The fourth-order valence-corrected chi connectivity index (χ4v) is 3.24. The lowest BCUT2D eigenvalue weighted by molar-refractivity contribution is -0.127. The van der Waals surface area contributed by atoms with Gasteiger partial charge in [-0.1, -0.05) is 6.42 Å². The highest BCUT2D eigenvalue weighted by molar-refractivity contribution is 5.84. The summed E-state index contributed by atoms with van der Waals surface area (Å²) in [6.45, 7) is 3.28. The van der Waals surface area contributed by atoms with Gasteiger partial charge in [-0.15, -0.1) is 0 Å². The van der Waals surface area contributed by atoms with E-state index >= 15 is 0 Å². The summed E-state index contributed by atoms with van der Waals surface area (Å²) in [4.78, 5) is 20.9. The van der Waals surface area contributed by atoms with Crippen LogP contribution in [0.3, 0.4) is 0 Å². The number of nitrogens with two attached hydrogens (primary N) is 1. The lowest BCUT2D eigenvalue weighted by atomic mass is 9.84. The third kappa shape index (κ3) is 2.92. The van der Waals surface area contributed by atoms with Crippen LogP contribution in [0.1, 0.15) is 51.3 Å². The van der Waals surface area contributed by atoms with Gasteiger partial charge in [-0.05, 0) is 33.1 Å². The summed E-state index contributed by atoms with van der Waals surface area (Å²) in [6.07, 6.45) is 9.07. The number of nitrogens with one attached hydrogen (secondary N) is 1. The number of hydrogen-bond acceptors (Lipinski definition) is 5. The number of carbonyl (C=O) groups is 1. The first-order chi connectivity index (χ1) is 11.4. The van der Waals surface area contributed by atoms with Crippen molar-refractivity contribution in [2.75, 3.05) is 5.73 Å². The summed E-state index contributed by atoms with van der Waals surface area (Å²) in [5, 5.41) is 12.1. The molecule has 1 amide bonds. The molecule has 2 aromatic heterocycles. The van der Waals surface area contributed by atoms with Crippen LogP contribution >= 0.6 is 0 Å². The van der Waals surface area contributed by atoms with E-state index in [9.17, 15) is 4.79 Å². The zero-order chi connectivity index (χ0) is 17.3. The van der Waals surface area contributed by atoms with E-state index in [4.69, 9.17) is 11.0 Å². The first kappa shape index (κ1) is 16.2. The molecule has 2 aromatic rings. The maximum Gasteiger partial charge on any atom is 0.240 e. The quantitative estimate of drug-likeness (QED) is 0.896. The smallest absolute Gasteiger partial charge is 0.240 e. The zero-order valence-corrected chi connectivity index (χ0v) is 14.0. The molecule has 3 rings (SSSR count). The number of fused-ring (bicyclic) bond motifs is 1. The Labute approximate surface area is 140 Å². The van der Waals surface area contributed by atoms with Crippen molar-refractivity contribution < 1.29 is 4.79 Å². The van der Waals surface area contributed by atoms with Crippen molar-refractivity contribution in [2.45, 2.75) is 51.5 Å². The SMILES string of the molecule is CC(C)(C#N)C(=O)N[C@H]1CCC[C@H](c2ncc3c(N)nccn23)C1. The van der Waals surface area contributed by atoms with Crippen LogP contribution in [0.2, 0.25) is 0 Å². The van der Waals surface area contributed by atoms with Crippen LogP contribution in [0.5, 0.6) is 0 Å². The normalized spacial score (nSPS) is 21.4. The van der Waals surface area contributed by atoms with Gasteiger partial charge in [-0.2, -0.15) is 5.26 Å². The van der Waals surface area contributed by atoms with Gasteiger partial charge in [0.15, 0.2) is 0 Å². The fourth-order valence-electron chi connectivity index (χ4n) is 3.24. The number of rotatable bonds is 3. The highest BCUT2D eigenvalue weighted by atomic mass is 16.2. The van der Waals surface area contributed by atoms with Gasteiger partial charge in [0.2, 0.25) is 5.91 Å². The van der Waals surface area contributed by atoms with Gasteiger partial charge >= 0.3 is 0 Å². The number of hydrogen-bond donors (Lipinski definition) is 2. The highest BCUT2D eigenvalue weighted by Gasteiger charge is 2.32. The van der Waals surface area contributed by atoms with Crippen LogP contribution in [-0.4, -0.2) is 26.3 Å². The Morgan fingerprint density at radius 2 is 2.25 bits per heavy atom. The number of nitriles is 1. The van der Waals surface area contributed by atoms with E-state index in [0.717, 1.165) is 37.0 Å². The average Bonchev–Trinajstić information content (AvgIpc) is 3.00. The van der Waals surface area contributed by atoms with E-state index in [1.807, 2.05) is 10.6 Å². The summed E-state index contributed by atoms with van der Waals surface area (Å²) in [7, 11) is 0. The maximum atomic E-state index is 12.2. The minimum absolute atomic E-state index is 0.0652. The lowest BCUT2D eigenvalue weighted by Gasteiger charge is -2.30. The first-order valence-electron chi connectivity index (χ1n) is 8.22. The number of anilines is 1. The molecule has 1 aliphatic carbocycles. The predicted molar refractivity (Wildman–Crippen MR) is 89.9 cm³/mol. The Morgan fingerprint density at radius 1 is 1.46 bits per heavy atom. The lowest BCUT2D eigenvalue weighted by Crippen LogP contribution is -2.44. The maximum absolute atomic E-state index is 12.2. The Bertz CT molecular complexity index is 803. The van der Waals surface area contributed by atoms with Crippen molar-refractivity contribution in [3.63, 3.8) is 0 Å². The second-order valence-corrected chi connectivity index (χ2v) is 6.95. The molecular weight excluding hydrogens is 304 g/mol. The Balaban J connectivity index is 1.77. The topological polar surface area (TPSA) is 109 Å². The number of aromatic nitrogens is 3. The summed E-state index contributed by atoms with van der Waals surface area (Å²) in [5.74, 6) is 1.46. The molecule has 1 aliphatic rings. The third-order valence-corrected chi connectivity index (χ3v) is 4.74. The number of carbonyl (C=O) groups excluding carboxylic acids is 1. The van der Waals surface area contributed by atoms with Gasteiger partial charge in [-0.25, -0.2) is 9.97 Å². The average molecular weight is 326 g/mol. The molecule has 2 heterocycles. The molecular formula is C17H22N6O. The van der Waals surface area contributed by atoms with Crippen molar-refractivity contribution in [1.29, 1.82) is 5.26 Å². The van der Waals surface area contributed by atoms with Gasteiger partial charge in [0.1, 0.15) is 22.6 Å². The summed E-state index contributed by atoms with van der Waals surface area (Å²) in [6, 6.07) is 2.12. The molecule has 2 atom stereocenters. The second kappa shape index (κ2) is 6.11. The number of imidazole rings is 1. The second-order valence-electron chi connectivity index (χ2n) is 6.95. The molecule has 0 spiro atoms. The van der Waals surface area contributed by atoms with E-state index in [-0.39, 0.29) is 17.9 Å². The number of amides is 1. The van der Waals surface area contributed by atoms with Crippen LogP contribution in [0.15, 0.2) is 18.6 Å². The van der Waals surface area contributed by atoms with Crippen LogP contribution in [-0.2, 0) is 4.79 Å². The molecule has 0 aliphatic heterocycles. The molecule has 0 bridgehead atoms. The zero-order valence-electron chi connectivity index (χ0n) is 14.0. The van der Waals surface area contributed by atoms with Crippen molar-refractivity contribution in [3.05, 3.63) is 24.4 Å². The van der Waals surface area contributed by atoms with Crippen molar-refractivity contribution in [2.24, 2.45) is 5.41 Å². The number of nitrogen functional groups attached to an aromatic ring is 1. The van der Waals surface area contributed by atoms with E-state index in [2.05, 4.69) is 21.4 Å². The molecule has 126 valence electrons. The molecule has 7 nitrogen and oxygen atoms in total. The van der Waals surface area contributed by atoms with Crippen LogP contribution in [0.4, 0.5) is 5.82 Å². The van der Waals surface area contributed by atoms with Crippen LogP contribution in [0, 0.1) is 16.7 Å². The van der Waals surface area contributed by atoms with Gasteiger partial charge in [0.05, 0.1) is 12.3 Å². The fraction of sp³-hybridized carbons (Fsp3) is 0.529. The number of nitrogens with zero attached hydrogens (tertiary/aromatic N) is 4. The Morgan fingerprint density at radius 3 is 3.00 bits per heavy atom. The molecule has 0 saturated heterocycles. The standard InChI is InChI=1S/C17H22N6O/c1-17(2,10-18)16(24)22-12-5-3-4-11(8-12)15-21-9-13-14(19)20-6-7-23(13)15/h6-7,9,11-12H,3-5,8H2,1-2H3,(H2,19,20)(H,22,24)/t11-,12-/m0/s1. The monoisotopic (exact) mass is 326 g/mol. The van der Waals surface area contributed by atoms with Crippen molar-refractivity contribution in [3.8, 4) is 6.07 Å². The molecule has 0 unspecified atom stereocenters. The van der Waals surface area contributed by atoms with Crippen molar-refractivity contribution >= 4 is 17.2 Å². The first-order valence-corrected chi connectivity index (χ1v) is 8.22. The minimum Gasteiger partial charge on any atom is -0.382 e. The van der Waals surface area contributed by atoms with Crippen LogP contribution in [0.25, 0.3) is 5.52 Å². The highest BCUT2D eigenvalue weighted by Crippen LogP contribution is 2.33. The van der Waals surface area contributed by atoms with E-state index in [0.29, 0.717) is 5.82 Å². The van der Waals surface area contributed by atoms with E-state index in [1.165, 1.54) is 0 Å². The summed E-state index contributed by atoms with van der Waals surface area (Å²) < 4.78 is 1.98. The molecule has 1 saturated carbocycles. The van der Waals surface area contributed by atoms with Crippen LogP contribution < -0.4 is 11.1 Å². The largest absolute Gasteiger partial charge is 0.382 e. The van der Waals surface area contributed by atoms with Gasteiger partial charge in [0, 0.05) is 24.4 Å². The van der Waals surface area contributed by atoms with Crippen molar-refractivity contribution in [1.82, 2.24) is 19.7 Å². The Hall–Kier alpha value is -2.62. The van der Waals surface area contributed by atoms with Gasteiger partial charge < -0.3 is 11.1 Å². The molecule has 0 radical (unpaired) electrons. The van der Waals surface area contributed by atoms with Gasteiger partial charge in [-0.3, -0.25) is 9.20 Å². The molecule has 7 heteroatoms. The molecule has 0 aromatic carbocycles. The van der Waals surface area contributed by atoms with Gasteiger partial charge in [0.25, 0.3) is 0 Å².